The highest BCUT2D eigenvalue weighted by molar-refractivity contribution is 7.21. The van der Waals surface area contributed by atoms with Gasteiger partial charge in [0.25, 0.3) is 0 Å². The molecule has 0 spiro atoms. The summed E-state index contributed by atoms with van der Waals surface area (Å²) in [6.45, 7) is 0. The summed E-state index contributed by atoms with van der Waals surface area (Å²) in [5.74, 6) is -3.68. The van der Waals surface area contributed by atoms with Gasteiger partial charge in [0.2, 0.25) is 0 Å². The van der Waals surface area contributed by atoms with Crippen molar-refractivity contribution in [2.45, 2.75) is 0 Å². The highest BCUT2D eigenvalue weighted by Gasteiger charge is 2.23. The monoisotopic (exact) mass is 342 g/mol. The standard InChI is InChI=1S/C15H6ClF3O2S/c16-13-9(3-7(18)4-10(13)19)12-8-2-1-6(17)5-11(8)22-14(12)15(20)21/h1-5H,(H,20,21). The van der Waals surface area contributed by atoms with Crippen LogP contribution in [0.15, 0.2) is 30.3 Å². The van der Waals surface area contributed by atoms with Crippen LogP contribution in [-0.4, -0.2) is 11.1 Å². The summed E-state index contributed by atoms with van der Waals surface area (Å²) < 4.78 is 40.8. The molecule has 2 aromatic carbocycles. The fraction of sp³-hybridized carbons (Fsp3) is 0. The van der Waals surface area contributed by atoms with Gasteiger partial charge in [-0.25, -0.2) is 18.0 Å². The normalized spacial score (nSPS) is 11.1. The summed E-state index contributed by atoms with van der Waals surface area (Å²) in [5.41, 5.74) is 0.00493. The number of benzene rings is 2. The van der Waals surface area contributed by atoms with Crippen molar-refractivity contribution in [1.82, 2.24) is 0 Å². The molecular formula is C15H6ClF3O2S. The molecule has 0 unspecified atom stereocenters. The van der Waals surface area contributed by atoms with E-state index in [1.54, 1.807) is 0 Å². The first-order valence-corrected chi connectivity index (χ1v) is 7.18. The third-order valence-corrected chi connectivity index (χ3v) is 4.63. The number of hydrogen-bond acceptors (Lipinski definition) is 2. The van der Waals surface area contributed by atoms with E-state index in [9.17, 15) is 23.1 Å². The molecule has 112 valence electrons. The van der Waals surface area contributed by atoms with Gasteiger partial charge in [-0.2, -0.15) is 0 Å². The first kappa shape index (κ1) is 14.9. The number of carboxylic acid groups (broad SMARTS) is 1. The maximum Gasteiger partial charge on any atom is 0.346 e. The smallest absolute Gasteiger partial charge is 0.346 e. The van der Waals surface area contributed by atoms with Gasteiger partial charge in [0, 0.05) is 27.3 Å². The van der Waals surface area contributed by atoms with Crippen LogP contribution in [0.5, 0.6) is 0 Å². The van der Waals surface area contributed by atoms with Gasteiger partial charge in [0.05, 0.1) is 5.02 Å². The Hall–Kier alpha value is -2.05. The first-order valence-electron chi connectivity index (χ1n) is 5.98. The molecule has 1 aromatic heterocycles. The molecule has 0 aliphatic carbocycles. The van der Waals surface area contributed by atoms with Crippen LogP contribution in [0.2, 0.25) is 5.02 Å². The lowest BCUT2D eigenvalue weighted by atomic mass is 10.0. The Balaban J connectivity index is 2.44. The average molecular weight is 343 g/mol. The van der Waals surface area contributed by atoms with Gasteiger partial charge in [0.15, 0.2) is 0 Å². The van der Waals surface area contributed by atoms with Gasteiger partial charge < -0.3 is 5.11 Å². The van der Waals surface area contributed by atoms with Gasteiger partial charge in [-0.05, 0) is 24.3 Å². The third-order valence-electron chi connectivity index (χ3n) is 3.11. The zero-order valence-electron chi connectivity index (χ0n) is 10.7. The van der Waals surface area contributed by atoms with E-state index >= 15 is 0 Å². The number of fused-ring (bicyclic) bond motifs is 1. The summed E-state index contributed by atoms with van der Waals surface area (Å²) in [7, 11) is 0. The van der Waals surface area contributed by atoms with Gasteiger partial charge in [0.1, 0.15) is 22.3 Å². The van der Waals surface area contributed by atoms with Gasteiger partial charge >= 0.3 is 5.97 Å². The van der Waals surface area contributed by atoms with Crippen molar-refractivity contribution in [3.8, 4) is 11.1 Å². The molecule has 7 heteroatoms. The lowest BCUT2D eigenvalue weighted by Crippen LogP contribution is -1.96. The summed E-state index contributed by atoms with van der Waals surface area (Å²) >= 11 is 6.68. The Bertz CT molecular complexity index is 921. The van der Waals surface area contributed by atoms with Crippen LogP contribution in [0.4, 0.5) is 13.2 Å². The van der Waals surface area contributed by atoms with Crippen molar-refractivity contribution in [1.29, 1.82) is 0 Å². The predicted molar refractivity (Wildman–Crippen MR) is 79.1 cm³/mol. The van der Waals surface area contributed by atoms with E-state index in [0.29, 0.717) is 16.2 Å². The van der Waals surface area contributed by atoms with Gasteiger partial charge in [-0.15, -0.1) is 11.3 Å². The fourth-order valence-electron chi connectivity index (χ4n) is 2.23. The van der Waals surface area contributed by atoms with E-state index in [1.165, 1.54) is 12.1 Å². The van der Waals surface area contributed by atoms with E-state index in [4.69, 9.17) is 11.6 Å². The molecule has 3 aromatic rings. The lowest BCUT2D eigenvalue weighted by Gasteiger charge is -2.07. The summed E-state index contributed by atoms with van der Waals surface area (Å²) in [4.78, 5) is 11.3. The number of thiophene rings is 1. The lowest BCUT2D eigenvalue weighted by molar-refractivity contribution is 0.0703. The first-order chi connectivity index (χ1) is 10.4. The van der Waals surface area contributed by atoms with Crippen LogP contribution in [-0.2, 0) is 0 Å². The third kappa shape index (κ3) is 2.34. The molecule has 0 atom stereocenters. The van der Waals surface area contributed by atoms with Gasteiger partial charge in [-0.3, -0.25) is 0 Å². The zero-order valence-corrected chi connectivity index (χ0v) is 12.2. The fourth-order valence-corrected chi connectivity index (χ4v) is 3.51. The van der Waals surface area contributed by atoms with Crippen LogP contribution in [0.25, 0.3) is 21.2 Å². The van der Waals surface area contributed by atoms with Crippen molar-refractivity contribution in [2.24, 2.45) is 0 Å². The molecule has 0 amide bonds. The van der Waals surface area contributed by atoms with Crippen molar-refractivity contribution < 1.29 is 23.1 Å². The number of carbonyl (C=O) groups is 1. The highest BCUT2D eigenvalue weighted by Crippen LogP contribution is 2.42. The van der Waals surface area contributed by atoms with Gasteiger partial charge in [-0.1, -0.05) is 11.6 Å². The van der Waals surface area contributed by atoms with E-state index in [1.807, 2.05) is 0 Å². The van der Waals surface area contributed by atoms with Crippen LogP contribution in [0, 0.1) is 17.5 Å². The highest BCUT2D eigenvalue weighted by atomic mass is 35.5. The summed E-state index contributed by atoms with van der Waals surface area (Å²) in [6, 6.07) is 5.25. The molecule has 0 aliphatic rings. The Labute approximate surface area is 131 Å². The molecule has 22 heavy (non-hydrogen) atoms. The van der Waals surface area contributed by atoms with Crippen molar-refractivity contribution in [2.75, 3.05) is 0 Å². The quantitative estimate of drug-likeness (QED) is 0.638. The van der Waals surface area contributed by atoms with Crippen LogP contribution < -0.4 is 0 Å². The molecule has 0 saturated heterocycles. The Morgan fingerprint density at radius 1 is 1.09 bits per heavy atom. The molecule has 0 bridgehead atoms. The zero-order chi connectivity index (χ0) is 16.0. The van der Waals surface area contributed by atoms with E-state index in [0.717, 1.165) is 23.5 Å². The summed E-state index contributed by atoms with van der Waals surface area (Å²) in [6.07, 6.45) is 0. The maximum absolute atomic E-state index is 13.7. The minimum Gasteiger partial charge on any atom is -0.477 e. The number of carboxylic acids is 1. The molecular weight excluding hydrogens is 337 g/mol. The van der Waals surface area contributed by atoms with Crippen molar-refractivity contribution in [3.63, 3.8) is 0 Å². The number of aromatic carboxylic acids is 1. The number of hydrogen-bond donors (Lipinski definition) is 1. The molecule has 0 radical (unpaired) electrons. The van der Waals surface area contributed by atoms with Crippen LogP contribution in [0.3, 0.4) is 0 Å². The van der Waals surface area contributed by atoms with Crippen LogP contribution >= 0.6 is 22.9 Å². The summed E-state index contributed by atoms with van der Waals surface area (Å²) in [5, 5.41) is 9.30. The average Bonchev–Trinajstić information content (AvgIpc) is 2.81. The maximum atomic E-state index is 13.7. The Morgan fingerprint density at radius 2 is 1.82 bits per heavy atom. The molecule has 2 nitrogen and oxygen atoms in total. The van der Waals surface area contributed by atoms with E-state index in [2.05, 4.69) is 0 Å². The largest absolute Gasteiger partial charge is 0.477 e. The molecule has 3 rings (SSSR count). The molecule has 0 saturated carbocycles. The van der Waals surface area contributed by atoms with Crippen molar-refractivity contribution in [3.05, 3.63) is 57.7 Å². The second kappa shape index (κ2) is 5.30. The van der Waals surface area contributed by atoms with Crippen LogP contribution in [0.1, 0.15) is 9.67 Å². The molecule has 1 N–H and O–H groups in total. The minimum absolute atomic E-state index is 0.0746. The second-order valence-electron chi connectivity index (χ2n) is 4.50. The van der Waals surface area contributed by atoms with E-state index in [-0.39, 0.29) is 21.0 Å². The van der Waals surface area contributed by atoms with E-state index < -0.39 is 23.4 Å². The second-order valence-corrected chi connectivity index (χ2v) is 5.93. The minimum atomic E-state index is -1.28. The molecule has 1 heterocycles. The number of halogens is 4. The molecule has 0 aliphatic heterocycles. The predicted octanol–water partition coefficient (Wildman–Crippen LogP) is 5.34. The SMILES string of the molecule is O=C(O)c1sc2cc(F)ccc2c1-c1cc(F)cc(F)c1Cl. The number of rotatable bonds is 2. The topological polar surface area (TPSA) is 37.3 Å². The Morgan fingerprint density at radius 3 is 2.50 bits per heavy atom. The van der Waals surface area contributed by atoms with Crippen molar-refractivity contribution >= 4 is 39.0 Å². The molecule has 0 fully saturated rings. The Kier molecular flexibility index (Phi) is 3.58.